The van der Waals surface area contributed by atoms with Gasteiger partial charge in [-0.3, -0.25) is 0 Å². The fourth-order valence-corrected chi connectivity index (χ4v) is 2.50. The smallest absolute Gasteiger partial charge is 0.387 e. The third-order valence-corrected chi connectivity index (χ3v) is 3.69. The molecule has 0 bridgehead atoms. The number of nitrogens with one attached hydrogen (secondary N) is 1. The van der Waals surface area contributed by atoms with E-state index < -0.39 is 6.61 Å². The second-order valence-corrected chi connectivity index (χ2v) is 5.37. The Balaban J connectivity index is 1.80. The number of aryl methyl sites for hydroxylation is 1. The van der Waals surface area contributed by atoms with Crippen LogP contribution in [0, 0.1) is 6.92 Å². The Hall–Kier alpha value is -3.23. The number of benzene rings is 2. The second kappa shape index (κ2) is 7.77. The molecular formula is C17H17F2N5O2. The summed E-state index contributed by atoms with van der Waals surface area (Å²) in [5, 5.41) is 14.6. The Labute approximate surface area is 148 Å². The van der Waals surface area contributed by atoms with Crippen molar-refractivity contribution in [1.29, 1.82) is 0 Å². The minimum absolute atomic E-state index is 0.0185. The number of aromatic nitrogens is 4. The third kappa shape index (κ3) is 3.88. The van der Waals surface area contributed by atoms with Gasteiger partial charge in [0.25, 0.3) is 0 Å². The van der Waals surface area contributed by atoms with E-state index in [0.717, 1.165) is 11.4 Å². The highest BCUT2D eigenvalue weighted by molar-refractivity contribution is 5.53. The van der Waals surface area contributed by atoms with Gasteiger partial charge in [-0.1, -0.05) is 18.2 Å². The summed E-state index contributed by atoms with van der Waals surface area (Å²) in [6.07, 6.45) is 0. The summed E-state index contributed by atoms with van der Waals surface area (Å²) in [5.41, 5.74) is 2.11. The summed E-state index contributed by atoms with van der Waals surface area (Å²) in [4.78, 5) is 0. The number of rotatable bonds is 7. The first-order valence-electron chi connectivity index (χ1n) is 7.78. The van der Waals surface area contributed by atoms with Gasteiger partial charge in [-0.15, -0.1) is 5.10 Å². The first-order chi connectivity index (χ1) is 12.6. The number of para-hydroxylation sites is 1. The molecule has 0 atom stereocenters. The first kappa shape index (κ1) is 17.6. The van der Waals surface area contributed by atoms with Crippen LogP contribution in [0.1, 0.15) is 11.4 Å². The van der Waals surface area contributed by atoms with Gasteiger partial charge >= 0.3 is 6.61 Å². The zero-order valence-corrected chi connectivity index (χ0v) is 14.2. The lowest BCUT2D eigenvalue weighted by atomic mass is 10.1. The number of halogens is 2. The van der Waals surface area contributed by atoms with Crippen LogP contribution in [0.25, 0.3) is 5.69 Å². The van der Waals surface area contributed by atoms with Gasteiger partial charge in [-0.2, -0.15) is 13.5 Å². The molecule has 3 aromatic rings. The molecule has 0 saturated heterocycles. The molecule has 0 fully saturated rings. The Bertz CT molecular complexity index is 885. The maximum Gasteiger partial charge on any atom is 0.387 e. The van der Waals surface area contributed by atoms with Gasteiger partial charge in [0.05, 0.1) is 12.8 Å². The van der Waals surface area contributed by atoms with Crippen LogP contribution in [0.4, 0.5) is 14.5 Å². The van der Waals surface area contributed by atoms with Crippen LogP contribution >= 0.6 is 0 Å². The van der Waals surface area contributed by atoms with Crippen LogP contribution in [0.3, 0.4) is 0 Å². The molecule has 3 rings (SSSR count). The van der Waals surface area contributed by atoms with Crippen molar-refractivity contribution in [3.8, 4) is 17.2 Å². The van der Waals surface area contributed by atoms with E-state index >= 15 is 0 Å². The van der Waals surface area contributed by atoms with Gasteiger partial charge in [-0.25, -0.2) is 0 Å². The summed E-state index contributed by atoms with van der Waals surface area (Å²) in [6, 6.07) is 12.4. The number of methoxy groups -OCH3 is 1. The van der Waals surface area contributed by atoms with Gasteiger partial charge < -0.3 is 14.8 Å². The van der Waals surface area contributed by atoms with Crippen molar-refractivity contribution in [3.05, 3.63) is 53.9 Å². The van der Waals surface area contributed by atoms with Crippen molar-refractivity contribution in [2.75, 3.05) is 12.4 Å². The van der Waals surface area contributed by atoms with Crippen LogP contribution in [-0.2, 0) is 6.54 Å². The van der Waals surface area contributed by atoms with E-state index in [4.69, 9.17) is 4.74 Å². The molecule has 0 aliphatic heterocycles. The average Bonchev–Trinajstić information content (AvgIpc) is 3.06. The Morgan fingerprint density at radius 3 is 2.69 bits per heavy atom. The normalized spacial score (nSPS) is 10.8. The van der Waals surface area contributed by atoms with Crippen LogP contribution in [0.15, 0.2) is 42.5 Å². The zero-order chi connectivity index (χ0) is 18.5. The fourth-order valence-electron chi connectivity index (χ4n) is 2.50. The van der Waals surface area contributed by atoms with Gasteiger partial charge in [-0.05, 0) is 41.6 Å². The Kier molecular flexibility index (Phi) is 5.26. The highest BCUT2D eigenvalue weighted by Crippen LogP contribution is 2.33. The van der Waals surface area contributed by atoms with E-state index in [1.807, 2.05) is 24.3 Å². The van der Waals surface area contributed by atoms with Crippen molar-refractivity contribution < 1.29 is 18.3 Å². The molecule has 7 nitrogen and oxygen atoms in total. The molecule has 0 aliphatic rings. The van der Waals surface area contributed by atoms with Crippen LogP contribution in [0.2, 0.25) is 0 Å². The van der Waals surface area contributed by atoms with Crippen LogP contribution in [-0.4, -0.2) is 33.9 Å². The van der Waals surface area contributed by atoms with Gasteiger partial charge in [0.15, 0.2) is 17.3 Å². The van der Waals surface area contributed by atoms with Gasteiger partial charge in [0, 0.05) is 17.8 Å². The molecule has 0 radical (unpaired) electrons. The van der Waals surface area contributed by atoms with Crippen LogP contribution in [0.5, 0.6) is 11.5 Å². The number of ether oxygens (including phenoxy) is 2. The van der Waals surface area contributed by atoms with Crippen molar-refractivity contribution in [2.45, 2.75) is 20.1 Å². The average molecular weight is 361 g/mol. The second-order valence-electron chi connectivity index (χ2n) is 5.37. The first-order valence-corrected chi connectivity index (χ1v) is 7.78. The van der Waals surface area contributed by atoms with Crippen molar-refractivity contribution in [3.63, 3.8) is 0 Å². The Morgan fingerprint density at radius 1 is 1.19 bits per heavy atom. The van der Waals surface area contributed by atoms with Crippen molar-refractivity contribution >= 4 is 5.69 Å². The standard InChI is InChI=1S/C17H17F2N5O2/c1-11-21-22-23-24(11)14-7-4-6-13(9-14)20-10-12-5-3-8-15(25-2)16(12)26-17(18)19/h3-9,17,20H,10H2,1-2H3. The molecular weight excluding hydrogens is 344 g/mol. The molecule has 9 heteroatoms. The number of hydrogen-bond donors (Lipinski definition) is 1. The summed E-state index contributed by atoms with van der Waals surface area (Å²) in [6.45, 7) is -0.863. The summed E-state index contributed by atoms with van der Waals surface area (Å²) >= 11 is 0. The molecule has 0 unspecified atom stereocenters. The topological polar surface area (TPSA) is 74.1 Å². The van der Waals surface area contributed by atoms with E-state index in [2.05, 4.69) is 25.6 Å². The SMILES string of the molecule is COc1cccc(CNc2cccc(-n3nnnc3C)c2)c1OC(F)F. The highest BCUT2D eigenvalue weighted by atomic mass is 19.3. The number of alkyl halides is 2. The number of anilines is 1. The van der Waals surface area contributed by atoms with Gasteiger partial charge in [0.1, 0.15) is 0 Å². The largest absolute Gasteiger partial charge is 0.493 e. The minimum atomic E-state index is -2.93. The van der Waals surface area contributed by atoms with E-state index in [9.17, 15) is 8.78 Å². The van der Waals surface area contributed by atoms with Crippen LogP contribution < -0.4 is 14.8 Å². The van der Waals surface area contributed by atoms with E-state index in [-0.39, 0.29) is 18.0 Å². The molecule has 1 N–H and O–H groups in total. The summed E-state index contributed by atoms with van der Waals surface area (Å²) < 4.78 is 36.7. The number of hydrogen-bond acceptors (Lipinski definition) is 6. The fraction of sp³-hybridized carbons (Fsp3) is 0.235. The lowest BCUT2D eigenvalue weighted by molar-refractivity contribution is -0.0517. The molecule has 0 aliphatic carbocycles. The van der Waals surface area contributed by atoms with Gasteiger partial charge in [0.2, 0.25) is 0 Å². The molecule has 2 aromatic carbocycles. The zero-order valence-electron chi connectivity index (χ0n) is 14.2. The third-order valence-electron chi connectivity index (χ3n) is 3.69. The van der Waals surface area contributed by atoms with E-state index in [1.54, 1.807) is 29.8 Å². The quantitative estimate of drug-likeness (QED) is 0.697. The highest BCUT2D eigenvalue weighted by Gasteiger charge is 2.15. The summed E-state index contributed by atoms with van der Waals surface area (Å²) in [7, 11) is 1.41. The molecule has 0 spiro atoms. The van der Waals surface area contributed by atoms with Crippen molar-refractivity contribution in [1.82, 2.24) is 20.2 Å². The molecule has 136 valence electrons. The molecule has 0 saturated carbocycles. The molecule has 1 aromatic heterocycles. The van der Waals surface area contributed by atoms with E-state index in [1.165, 1.54) is 7.11 Å². The lowest BCUT2D eigenvalue weighted by Gasteiger charge is -2.15. The Morgan fingerprint density at radius 2 is 2.00 bits per heavy atom. The molecule has 26 heavy (non-hydrogen) atoms. The predicted octanol–water partition coefficient (Wildman–Crippen LogP) is 3.19. The van der Waals surface area contributed by atoms with E-state index in [0.29, 0.717) is 11.4 Å². The predicted molar refractivity (Wildman–Crippen MR) is 90.8 cm³/mol. The number of nitrogens with zero attached hydrogens (tertiary/aromatic N) is 4. The number of tetrazole rings is 1. The van der Waals surface area contributed by atoms with Crippen molar-refractivity contribution in [2.24, 2.45) is 0 Å². The minimum Gasteiger partial charge on any atom is -0.493 e. The molecule has 0 amide bonds. The maximum absolute atomic E-state index is 12.7. The maximum atomic E-state index is 12.7. The lowest BCUT2D eigenvalue weighted by Crippen LogP contribution is -2.09. The summed E-state index contributed by atoms with van der Waals surface area (Å²) in [5.74, 6) is 0.926. The monoisotopic (exact) mass is 361 g/mol. The molecule has 1 heterocycles.